The van der Waals surface area contributed by atoms with E-state index in [-0.39, 0.29) is 30.3 Å². The van der Waals surface area contributed by atoms with Crippen LogP contribution in [0.25, 0.3) is 0 Å². The number of ether oxygens (including phenoxy) is 2. The Morgan fingerprint density at radius 1 is 0.967 bits per heavy atom. The van der Waals surface area contributed by atoms with E-state index in [9.17, 15) is 14.7 Å². The third-order valence-corrected chi connectivity index (χ3v) is 4.76. The second-order valence-corrected chi connectivity index (χ2v) is 6.99. The molecule has 0 radical (unpaired) electrons. The van der Waals surface area contributed by atoms with Crippen LogP contribution in [0.4, 0.5) is 11.4 Å². The molecule has 0 aliphatic carbocycles. The number of amides is 2. The van der Waals surface area contributed by atoms with E-state index >= 15 is 0 Å². The quantitative estimate of drug-likeness (QED) is 0.288. The van der Waals surface area contributed by atoms with Crippen LogP contribution in [-0.4, -0.2) is 30.3 Å². The highest BCUT2D eigenvalue weighted by molar-refractivity contribution is 5.96. The summed E-state index contributed by atoms with van der Waals surface area (Å²) in [6.45, 7) is 6.19. The van der Waals surface area contributed by atoms with Crippen LogP contribution in [0.3, 0.4) is 0 Å². The van der Waals surface area contributed by atoms with Crippen molar-refractivity contribution in [3.05, 3.63) is 48.5 Å². The molecule has 0 bridgehead atoms. The molecule has 0 spiro atoms. The third-order valence-electron chi connectivity index (χ3n) is 4.76. The Hall–Kier alpha value is -3.06. The number of para-hydroxylation sites is 4. The lowest BCUT2D eigenvalue weighted by atomic mass is 9.92. The van der Waals surface area contributed by atoms with Gasteiger partial charge >= 0.3 is 0 Å². The van der Waals surface area contributed by atoms with E-state index in [0.717, 1.165) is 0 Å². The summed E-state index contributed by atoms with van der Waals surface area (Å²) in [7, 11) is 0. The zero-order valence-electron chi connectivity index (χ0n) is 17.7. The number of carbonyl (C=O) groups excluding carboxylic acids is 2. The molecule has 3 N–H and O–H groups in total. The molecule has 0 aliphatic rings. The summed E-state index contributed by atoms with van der Waals surface area (Å²) in [5.74, 6) is -0.652. The van der Waals surface area contributed by atoms with Crippen LogP contribution in [0.1, 0.15) is 33.6 Å². The number of aromatic hydroxyl groups is 1. The summed E-state index contributed by atoms with van der Waals surface area (Å²) in [6, 6.07) is 13.7. The van der Waals surface area contributed by atoms with E-state index < -0.39 is 5.92 Å². The van der Waals surface area contributed by atoms with Gasteiger partial charge in [0, 0.05) is 18.4 Å². The topological polar surface area (TPSA) is 96.9 Å². The molecular formula is C23H30N2O5. The second kappa shape index (κ2) is 11.8. The minimum Gasteiger partial charge on any atom is -0.506 e. The van der Waals surface area contributed by atoms with Crippen molar-refractivity contribution in [2.45, 2.75) is 33.6 Å². The molecule has 2 aromatic carbocycles. The second-order valence-electron chi connectivity index (χ2n) is 6.99. The maximum atomic E-state index is 12.7. The van der Waals surface area contributed by atoms with Crippen LogP contribution in [0.5, 0.6) is 11.5 Å². The molecular weight excluding hydrogens is 384 g/mol. The van der Waals surface area contributed by atoms with Gasteiger partial charge in [-0.1, -0.05) is 38.1 Å². The van der Waals surface area contributed by atoms with Crippen molar-refractivity contribution in [1.29, 1.82) is 0 Å². The standard InChI is InChI=1S/C23H30N2O5/c1-4-17(23(28)24-18-10-6-8-12-20(18)26)14-16(3)22(27)25-19-11-7-9-13-21(19)30-15-29-5-2/h6-13,16-17,26H,4-5,14-15H2,1-3H3,(H,24,28)(H,25,27). The van der Waals surface area contributed by atoms with Gasteiger partial charge in [0.1, 0.15) is 11.5 Å². The first-order chi connectivity index (χ1) is 14.5. The van der Waals surface area contributed by atoms with Gasteiger partial charge < -0.3 is 25.2 Å². The van der Waals surface area contributed by atoms with Gasteiger partial charge in [0.15, 0.2) is 6.79 Å². The molecule has 7 nitrogen and oxygen atoms in total. The lowest BCUT2D eigenvalue weighted by Gasteiger charge is -2.20. The first-order valence-electron chi connectivity index (χ1n) is 10.2. The van der Waals surface area contributed by atoms with Gasteiger partial charge in [-0.2, -0.15) is 0 Å². The SMILES string of the molecule is CCOCOc1ccccc1NC(=O)C(C)CC(CC)C(=O)Nc1ccccc1O. The zero-order valence-corrected chi connectivity index (χ0v) is 17.7. The van der Waals surface area contributed by atoms with Crippen LogP contribution in [0, 0.1) is 11.8 Å². The minimum atomic E-state index is -0.398. The molecule has 0 saturated heterocycles. The van der Waals surface area contributed by atoms with Crippen molar-refractivity contribution in [2.24, 2.45) is 11.8 Å². The first-order valence-corrected chi connectivity index (χ1v) is 10.2. The molecule has 2 aromatic rings. The highest BCUT2D eigenvalue weighted by atomic mass is 16.7. The van der Waals surface area contributed by atoms with Crippen molar-refractivity contribution in [1.82, 2.24) is 0 Å². The fourth-order valence-electron chi connectivity index (χ4n) is 2.95. The monoisotopic (exact) mass is 414 g/mol. The number of phenols is 1. The molecule has 0 fully saturated rings. The van der Waals surface area contributed by atoms with Gasteiger partial charge in [0.2, 0.25) is 11.8 Å². The van der Waals surface area contributed by atoms with Gasteiger partial charge in [-0.15, -0.1) is 0 Å². The molecule has 0 saturated carbocycles. The summed E-state index contributed by atoms with van der Waals surface area (Å²) in [6.07, 6.45) is 0.953. The summed E-state index contributed by atoms with van der Waals surface area (Å²) < 4.78 is 10.7. The summed E-state index contributed by atoms with van der Waals surface area (Å²) in [5.41, 5.74) is 0.916. The van der Waals surface area contributed by atoms with E-state index in [1.54, 1.807) is 37.3 Å². The smallest absolute Gasteiger partial charge is 0.227 e. The normalized spacial score (nSPS) is 12.6. The predicted molar refractivity (Wildman–Crippen MR) is 116 cm³/mol. The Labute approximate surface area is 177 Å². The Kier molecular flexibility index (Phi) is 9.15. The molecule has 0 aromatic heterocycles. The Balaban J connectivity index is 1.97. The van der Waals surface area contributed by atoms with Gasteiger partial charge in [-0.3, -0.25) is 9.59 Å². The Morgan fingerprint density at radius 2 is 1.60 bits per heavy atom. The van der Waals surface area contributed by atoms with Crippen LogP contribution in [-0.2, 0) is 14.3 Å². The highest BCUT2D eigenvalue weighted by Crippen LogP contribution is 2.27. The lowest BCUT2D eigenvalue weighted by Crippen LogP contribution is -2.28. The van der Waals surface area contributed by atoms with Crippen molar-refractivity contribution < 1.29 is 24.2 Å². The molecule has 2 unspecified atom stereocenters. The summed E-state index contributed by atoms with van der Waals surface area (Å²) >= 11 is 0. The number of rotatable bonds is 11. The third kappa shape index (κ3) is 6.77. The molecule has 7 heteroatoms. The van der Waals surface area contributed by atoms with Crippen LogP contribution in [0.2, 0.25) is 0 Å². The maximum Gasteiger partial charge on any atom is 0.227 e. The van der Waals surface area contributed by atoms with Crippen molar-refractivity contribution in [3.8, 4) is 11.5 Å². The fourth-order valence-corrected chi connectivity index (χ4v) is 2.95. The number of phenolic OH excluding ortho intramolecular Hbond substituents is 1. The number of benzene rings is 2. The van der Waals surface area contributed by atoms with Gasteiger partial charge in [-0.05, 0) is 44.0 Å². The number of anilines is 2. The molecule has 2 amide bonds. The highest BCUT2D eigenvalue weighted by Gasteiger charge is 2.24. The van der Waals surface area contributed by atoms with E-state index in [0.29, 0.717) is 36.6 Å². The molecule has 2 rings (SSSR count). The molecule has 30 heavy (non-hydrogen) atoms. The van der Waals surface area contributed by atoms with Crippen LogP contribution >= 0.6 is 0 Å². The van der Waals surface area contributed by atoms with Gasteiger partial charge in [-0.25, -0.2) is 0 Å². The van der Waals surface area contributed by atoms with Gasteiger partial charge in [0.25, 0.3) is 0 Å². The number of carbonyl (C=O) groups is 2. The molecule has 2 atom stereocenters. The van der Waals surface area contributed by atoms with E-state index in [1.807, 2.05) is 26.0 Å². The minimum absolute atomic E-state index is 0.00940. The average molecular weight is 415 g/mol. The number of hydrogen-bond donors (Lipinski definition) is 3. The first kappa shape index (κ1) is 23.2. The zero-order chi connectivity index (χ0) is 21.9. The Bertz CT molecular complexity index is 840. The predicted octanol–water partition coefficient (Wildman–Crippen LogP) is 4.39. The van der Waals surface area contributed by atoms with Crippen molar-refractivity contribution >= 4 is 23.2 Å². The number of hydrogen-bond acceptors (Lipinski definition) is 5. The van der Waals surface area contributed by atoms with E-state index in [2.05, 4.69) is 10.6 Å². The Morgan fingerprint density at radius 3 is 2.27 bits per heavy atom. The van der Waals surface area contributed by atoms with Gasteiger partial charge in [0.05, 0.1) is 11.4 Å². The maximum absolute atomic E-state index is 12.7. The van der Waals surface area contributed by atoms with Crippen LogP contribution in [0.15, 0.2) is 48.5 Å². The summed E-state index contributed by atoms with van der Waals surface area (Å²) in [4.78, 5) is 25.3. The van der Waals surface area contributed by atoms with E-state index in [4.69, 9.17) is 9.47 Å². The fraction of sp³-hybridized carbons (Fsp3) is 0.391. The molecule has 162 valence electrons. The van der Waals surface area contributed by atoms with Crippen molar-refractivity contribution in [2.75, 3.05) is 24.0 Å². The lowest BCUT2D eigenvalue weighted by molar-refractivity contribution is -0.122. The average Bonchev–Trinajstić information content (AvgIpc) is 2.74. The number of nitrogens with one attached hydrogen (secondary N) is 2. The van der Waals surface area contributed by atoms with Crippen LogP contribution < -0.4 is 15.4 Å². The largest absolute Gasteiger partial charge is 0.506 e. The van der Waals surface area contributed by atoms with Crippen molar-refractivity contribution in [3.63, 3.8) is 0 Å². The summed E-state index contributed by atoms with van der Waals surface area (Å²) in [5, 5.41) is 15.5. The molecule has 0 aliphatic heterocycles. The van der Waals surface area contributed by atoms with E-state index in [1.165, 1.54) is 6.07 Å². The molecule has 0 heterocycles.